The van der Waals surface area contributed by atoms with Crippen molar-refractivity contribution in [3.63, 3.8) is 0 Å². The van der Waals surface area contributed by atoms with Crippen LogP contribution in [0.15, 0.2) is 84.9 Å². The number of carbonyl (C=O) groups is 1. The molecule has 3 fully saturated rings. The van der Waals surface area contributed by atoms with E-state index in [1.165, 1.54) is 0 Å². The normalized spacial score (nSPS) is 29.8. The molecule has 37 heavy (non-hydrogen) atoms. The average Bonchev–Trinajstić information content (AvgIpc) is 3.74. The van der Waals surface area contributed by atoms with Crippen LogP contribution in [0.4, 0.5) is 0 Å². The van der Waals surface area contributed by atoms with Gasteiger partial charge in [0.15, 0.2) is 0 Å². The van der Waals surface area contributed by atoms with Crippen LogP contribution >= 0.6 is 0 Å². The zero-order valence-corrected chi connectivity index (χ0v) is 21.7. The summed E-state index contributed by atoms with van der Waals surface area (Å²) in [6, 6.07) is 29.1. The van der Waals surface area contributed by atoms with Crippen LogP contribution in [0.3, 0.4) is 0 Å². The molecule has 2 aliphatic heterocycles. The fourth-order valence-electron chi connectivity index (χ4n) is 6.45. The minimum Gasteiger partial charge on any atom is -0.348 e. The van der Waals surface area contributed by atoms with Gasteiger partial charge in [-0.3, -0.25) is 4.79 Å². The molecule has 0 unspecified atom stereocenters. The quantitative estimate of drug-likeness (QED) is 0.366. The van der Waals surface area contributed by atoms with E-state index in [2.05, 4.69) is 86.3 Å². The first kappa shape index (κ1) is 26.4. The largest absolute Gasteiger partial charge is 2.00 e. The first-order valence-corrected chi connectivity index (χ1v) is 12.5. The molecule has 1 saturated heterocycles. The molecule has 0 spiro atoms. The Bertz CT molecular complexity index is 1190. The average molecular weight is 524 g/mol. The summed E-state index contributed by atoms with van der Waals surface area (Å²) >= 11 is 0. The topological polar surface area (TPSA) is 26.3 Å². The van der Waals surface area contributed by atoms with Crippen molar-refractivity contribution in [2.75, 3.05) is 0 Å². The molecule has 0 N–H and O–H groups in total. The molecule has 2 nitrogen and oxygen atoms in total. The summed E-state index contributed by atoms with van der Waals surface area (Å²) in [5, 5.41) is 0. The second kappa shape index (κ2) is 10.9. The molecule has 4 aliphatic rings. The summed E-state index contributed by atoms with van der Waals surface area (Å²) < 4.78 is 7.28. The van der Waals surface area contributed by atoms with Crippen molar-refractivity contribution in [2.24, 2.45) is 11.8 Å². The standard InChI is InChI=1S/C29H23O2.C5H5.Fe/c1-20(30)26-27(21-12-8-9-13-21)29(23-16-6-3-7-17-23)25-19-11-10-18-24(25)28(26,31-29)22-14-4-2-5-15-22;1-2-4-5-3-1;/h2-19,26-27H,1H3;1-5H;/q;;+2/t26-,27-,28+,29-;;/m1../s1. The Hall–Kier alpha value is -2.19. The van der Waals surface area contributed by atoms with E-state index in [-0.39, 0.29) is 34.7 Å². The Morgan fingerprint density at radius 2 is 1.05 bits per heavy atom. The third-order valence-electron chi connectivity index (χ3n) is 7.70. The van der Waals surface area contributed by atoms with Gasteiger partial charge in [0.05, 0.1) is 5.92 Å². The van der Waals surface area contributed by atoms with Crippen LogP contribution in [0, 0.1) is 75.5 Å². The smallest absolute Gasteiger partial charge is 0.348 e. The van der Waals surface area contributed by atoms with Crippen LogP contribution in [-0.4, -0.2) is 5.78 Å². The Labute approximate surface area is 232 Å². The molecule has 3 heteroatoms. The van der Waals surface area contributed by atoms with Crippen molar-refractivity contribution in [2.45, 2.75) is 18.1 Å². The Morgan fingerprint density at radius 3 is 1.54 bits per heavy atom. The zero-order valence-electron chi connectivity index (χ0n) is 20.6. The van der Waals surface area contributed by atoms with E-state index < -0.39 is 11.2 Å². The first-order chi connectivity index (χ1) is 17.7. The van der Waals surface area contributed by atoms with Gasteiger partial charge in [0.2, 0.25) is 0 Å². The molecule has 10 radical (unpaired) electrons. The van der Waals surface area contributed by atoms with Crippen molar-refractivity contribution < 1.29 is 26.6 Å². The predicted octanol–water partition coefficient (Wildman–Crippen LogP) is 6.46. The van der Waals surface area contributed by atoms with Gasteiger partial charge in [0.25, 0.3) is 0 Å². The molecule has 7 rings (SSSR count). The van der Waals surface area contributed by atoms with Crippen LogP contribution in [0.2, 0.25) is 0 Å². The van der Waals surface area contributed by atoms with Crippen molar-refractivity contribution in [1.82, 2.24) is 0 Å². The van der Waals surface area contributed by atoms with E-state index in [0.29, 0.717) is 0 Å². The third kappa shape index (κ3) is 4.15. The summed E-state index contributed by atoms with van der Waals surface area (Å²) in [5.74, 6) is 0.864. The van der Waals surface area contributed by atoms with Crippen molar-refractivity contribution >= 4 is 5.78 Å². The third-order valence-corrected chi connectivity index (χ3v) is 7.70. The van der Waals surface area contributed by atoms with Gasteiger partial charge >= 0.3 is 17.1 Å². The van der Waals surface area contributed by atoms with Gasteiger partial charge in [-0.05, 0) is 92.9 Å². The number of hydrogen-bond donors (Lipinski definition) is 0. The second-order valence-corrected chi connectivity index (χ2v) is 9.60. The number of rotatable bonds is 4. The summed E-state index contributed by atoms with van der Waals surface area (Å²) in [4.78, 5) is 13.4. The molecule has 2 saturated carbocycles. The number of ether oxygens (including phenoxy) is 1. The van der Waals surface area contributed by atoms with Gasteiger partial charge in [-0.2, -0.15) is 0 Å². The molecule has 2 heterocycles. The zero-order chi connectivity index (χ0) is 24.6. The number of fused-ring (bicyclic) bond motifs is 5. The maximum atomic E-state index is 13.4. The van der Waals surface area contributed by atoms with Gasteiger partial charge in [-0.25, -0.2) is 0 Å². The van der Waals surface area contributed by atoms with Gasteiger partial charge < -0.3 is 4.74 Å². The van der Waals surface area contributed by atoms with E-state index >= 15 is 0 Å². The second-order valence-electron chi connectivity index (χ2n) is 9.60. The molecule has 0 aromatic heterocycles. The summed E-state index contributed by atoms with van der Waals surface area (Å²) in [6.07, 6.45) is 18.4. The summed E-state index contributed by atoms with van der Waals surface area (Å²) in [6.45, 7) is 1.72. The molecule has 2 bridgehead atoms. The van der Waals surface area contributed by atoms with Crippen molar-refractivity contribution in [1.29, 1.82) is 0 Å². The SMILES string of the molecule is CC(=O)[C@@H]1[C@@H]([C]2[CH][CH][CH][CH]2)[C@]2(c3ccccc3)O[C@@]1(c1ccccc1)c1ccccc12.[CH]1[CH][CH][CH][CH]1.[Fe+2]. The van der Waals surface area contributed by atoms with Crippen LogP contribution in [0.25, 0.3) is 0 Å². The number of hydrogen-bond acceptors (Lipinski definition) is 2. The Balaban J connectivity index is 0.000000421. The maximum absolute atomic E-state index is 13.4. The summed E-state index contributed by atoms with van der Waals surface area (Å²) in [7, 11) is 0. The number of benzene rings is 3. The number of carbonyl (C=O) groups excluding carboxylic acids is 1. The Kier molecular flexibility index (Phi) is 7.78. The van der Waals surface area contributed by atoms with Crippen molar-refractivity contribution in [3.8, 4) is 0 Å². The molecule has 182 valence electrons. The molecule has 4 atom stereocenters. The van der Waals surface area contributed by atoms with Crippen LogP contribution < -0.4 is 0 Å². The maximum Gasteiger partial charge on any atom is 2.00 e. The molecule has 0 amide bonds. The Morgan fingerprint density at radius 1 is 0.622 bits per heavy atom. The van der Waals surface area contributed by atoms with E-state index in [4.69, 9.17) is 4.74 Å². The molecule has 3 aromatic carbocycles. The minimum atomic E-state index is -0.818. The minimum absolute atomic E-state index is 0. The monoisotopic (exact) mass is 524 g/mol. The van der Waals surface area contributed by atoms with Crippen LogP contribution in [0.5, 0.6) is 0 Å². The van der Waals surface area contributed by atoms with E-state index in [1.807, 2.05) is 56.4 Å². The number of Topliss-reactive ketones (excluding diaryl/α,β-unsaturated/α-hetero) is 1. The van der Waals surface area contributed by atoms with Gasteiger partial charge in [-0.15, -0.1) is 0 Å². The molecular weight excluding hydrogens is 496 g/mol. The van der Waals surface area contributed by atoms with Crippen LogP contribution in [0.1, 0.15) is 29.2 Å². The van der Waals surface area contributed by atoms with Crippen molar-refractivity contribution in [3.05, 3.63) is 171 Å². The van der Waals surface area contributed by atoms with Crippen LogP contribution in [-0.2, 0) is 37.8 Å². The van der Waals surface area contributed by atoms with E-state index in [0.717, 1.165) is 28.2 Å². The fourth-order valence-corrected chi connectivity index (χ4v) is 6.45. The van der Waals surface area contributed by atoms with Gasteiger partial charge in [0, 0.05) is 5.92 Å². The number of ketones is 1. The fraction of sp³-hybridized carbons (Fsp3) is 0.147. The molecular formula is C34H28FeO2+2. The summed E-state index contributed by atoms with van der Waals surface area (Å²) in [5.41, 5.74) is 2.85. The predicted molar refractivity (Wildman–Crippen MR) is 142 cm³/mol. The van der Waals surface area contributed by atoms with Gasteiger partial charge in [-0.1, -0.05) is 84.9 Å². The first-order valence-electron chi connectivity index (χ1n) is 12.5. The van der Waals surface area contributed by atoms with Gasteiger partial charge in [0.1, 0.15) is 17.0 Å². The van der Waals surface area contributed by atoms with E-state index in [1.54, 1.807) is 6.92 Å². The van der Waals surface area contributed by atoms with E-state index in [9.17, 15) is 4.79 Å². The molecule has 3 aromatic rings. The molecule has 2 aliphatic carbocycles.